The third-order valence-electron chi connectivity index (χ3n) is 4.04. The number of carbonyl (C=O) groups is 2. The van der Waals surface area contributed by atoms with Gasteiger partial charge in [0.15, 0.2) is 0 Å². The van der Waals surface area contributed by atoms with E-state index in [9.17, 15) is 9.59 Å². The van der Waals surface area contributed by atoms with Crippen LogP contribution in [0.15, 0.2) is 36.7 Å². The van der Waals surface area contributed by atoms with Gasteiger partial charge in [0.1, 0.15) is 6.04 Å². The molecule has 0 radical (unpaired) electrons. The molecule has 3 rings (SSSR count). The average molecular weight is 298 g/mol. The Morgan fingerprint density at radius 1 is 1.18 bits per heavy atom. The van der Waals surface area contributed by atoms with Crippen molar-refractivity contribution in [1.82, 2.24) is 19.6 Å². The summed E-state index contributed by atoms with van der Waals surface area (Å²) in [6.45, 7) is 2.03. The fourth-order valence-corrected chi connectivity index (χ4v) is 2.59. The predicted molar refractivity (Wildman–Crippen MR) is 81.8 cm³/mol. The Morgan fingerprint density at radius 2 is 1.95 bits per heavy atom. The third kappa shape index (κ3) is 2.36. The Bertz CT molecular complexity index is 717. The molecule has 1 fully saturated rings. The number of imide groups is 1. The Kier molecular flexibility index (Phi) is 3.44. The van der Waals surface area contributed by atoms with Crippen LogP contribution in [0.5, 0.6) is 0 Å². The van der Waals surface area contributed by atoms with Gasteiger partial charge in [0, 0.05) is 25.9 Å². The number of aryl methyl sites for hydroxylation is 1. The fourth-order valence-electron chi connectivity index (χ4n) is 2.59. The highest BCUT2D eigenvalue weighted by Crippen LogP contribution is 2.22. The van der Waals surface area contributed by atoms with Crippen LogP contribution in [0.4, 0.5) is 4.79 Å². The first-order chi connectivity index (χ1) is 10.5. The van der Waals surface area contributed by atoms with Crippen LogP contribution in [0, 0.1) is 0 Å². The van der Waals surface area contributed by atoms with Crippen molar-refractivity contribution in [3.8, 4) is 11.1 Å². The summed E-state index contributed by atoms with van der Waals surface area (Å²) in [5, 5.41) is 4.16. The van der Waals surface area contributed by atoms with Crippen LogP contribution in [-0.4, -0.2) is 44.6 Å². The van der Waals surface area contributed by atoms with Crippen molar-refractivity contribution in [3.63, 3.8) is 0 Å². The number of carbonyl (C=O) groups excluding carboxylic acids is 2. The van der Waals surface area contributed by atoms with Gasteiger partial charge in [-0.15, -0.1) is 0 Å². The summed E-state index contributed by atoms with van der Waals surface area (Å²) in [6.07, 6.45) is 3.72. The maximum Gasteiger partial charge on any atom is 0.327 e. The molecule has 1 aromatic heterocycles. The number of hydrogen-bond donors (Lipinski definition) is 0. The number of hydrogen-bond acceptors (Lipinski definition) is 3. The van der Waals surface area contributed by atoms with E-state index in [-0.39, 0.29) is 11.9 Å². The van der Waals surface area contributed by atoms with Crippen molar-refractivity contribution in [2.75, 3.05) is 7.05 Å². The minimum Gasteiger partial charge on any atom is -0.316 e. The summed E-state index contributed by atoms with van der Waals surface area (Å²) in [5.41, 5.74) is 2.95. The Morgan fingerprint density at radius 3 is 2.55 bits per heavy atom. The second kappa shape index (κ2) is 5.29. The Balaban J connectivity index is 1.85. The van der Waals surface area contributed by atoms with E-state index >= 15 is 0 Å². The molecule has 6 heteroatoms. The summed E-state index contributed by atoms with van der Waals surface area (Å²) in [7, 11) is 3.52. The van der Waals surface area contributed by atoms with Gasteiger partial charge >= 0.3 is 6.03 Å². The van der Waals surface area contributed by atoms with Crippen LogP contribution in [-0.2, 0) is 18.4 Å². The van der Waals surface area contributed by atoms with Gasteiger partial charge in [-0.05, 0) is 24.1 Å². The molecule has 1 saturated heterocycles. The molecular formula is C16H18N4O2. The zero-order valence-corrected chi connectivity index (χ0v) is 12.9. The van der Waals surface area contributed by atoms with Gasteiger partial charge in [-0.25, -0.2) is 4.79 Å². The second-order valence-corrected chi connectivity index (χ2v) is 5.60. The summed E-state index contributed by atoms with van der Waals surface area (Å²) in [4.78, 5) is 27.0. The molecule has 2 aromatic rings. The number of likely N-dealkylation sites (N-methyl/N-ethyl adjacent to an activating group) is 1. The highest BCUT2D eigenvalue weighted by molar-refractivity contribution is 6.03. The first kappa shape index (κ1) is 14.3. The van der Waals surface area contributed by atoms with E-state index in [4.69, 9.17) is 0 Å². The summed E-state index contributed by atoms with van der Waals surface area (Å²) in [6, 6.07) is 7.18. The Labute approximate surface area is 128 Å². The predicted octanol–water partition coefficient (Wildman–Crippen LogP) is 1.87. The van der Waals surface area contributed by atoms with Crippen molar-refractivity contribution < 1.29 is 9.59 Å². The molecule has 0 aliphatic carbocycles. The lowest BCUT2D eigenvalue weighted by molar-refractivity contribution is -0.128. The van der Waals surface area contributed by atoms with E-state index in [1.165, 1.54) is 9.80 Å². The standard InChI is InChI=1S/C16H18N4O2/c1-11-15(21)20(16(22)19(11)3)9-12-5-4-6-13(7-12)14-8-17-18(2)10-14/h4-8,10-11H,9H2,1-3H3. The molecular weight excluding hydrogens is 280 g/mol. The summed E-state index contributed by atoms with van der Waals surface area (Å²) < 4.78 is 1.74. The lowest BCUT2D eigenvalue weighted by atomic mass is 10.1. The number of nitrogens with zero attached hydrogens (tertiary/aromatic N) is 4. The van der Waals surface area contributed by atoms with Gasteiger partial charge in [0.05, 0.1) is 12.7 Å². The molecule has 22 heavy (non-hydrogen) atoms. The van der Waals surface area contributed by atoms with Crippen LogP contribution in [0.3, 0.4) is 0 Å². The van der Waals surface area contributed by atoms with E-state index < -0.39 is 6.04 Å². The molecule has 1 aliphatic rings. The van der Waals surface area contributed by atoms with Gasteiger partial charge in [-0.3, -0.25) is 14.4 Å². The molecule has 114 valence electrons. The molecule has 1 atom stereocenters. The minimum absolute atomic E-state index is 0.153. The van der Waals surface area contributed by atoms with E-state index in [0.717, 1.165) is 16.7 Å². The lowest BCUT2D eigenvalue weighted by Crippen LogP contribution is -2.31. The van der Waals surface area contributed by atoms with Gasteiger partial charge in [-0.1, -0.05) is 18.2 Å². The number of amides is 3. The highest BCUT2D eigenvalue weighted by Gasteiger charge is 2.39. The van der Waals surface area contributed by atoms with Crippen LogP contribution in [0.25, 0.3) is 11.1 Å². The molecule has 0 saturated carbocycles. The second-order valence-electron chi connectivity index (χ2n) is 5.60. The van der Waals surface area contributed by atoms with Gasteiger partial charge in [0.25, 0.3) is 5.91 Å². The highest BCUT2D eigenvalue weighted by atomic mass is 16.2. The number of aromatic nitrogens is 2. The van der Waals surface area contributed by atoms with Crippen molar-refractivity contribution in [3.05, 3.63) is 42.2 Å². The Hall–Kier alpha value is -2.63. The van der Waals surface area contributed by atoms with Crippen LogP contribution < -0.4 is 0 Å². The fraction of sp³-hybridized carbons (Fsp3) is 0.312. The van der Waals surface area contributed by atoms with Crippen molar-refractivity contribution >= 4 is 11.9 Å². The van der Waals surface area contributed by atoms with E-state index in [1.807, 2.05) is 37.5 Å². The van der Waals surface area contributed by atoms with Gasteiger partial charge < -0.3 is 4.90 Å². The quantitative estimate of drug-likeness (QED) is 0.813. The molecule has 0 N–H and O–H groups in total. The normalized spacial score (nSPS) is 18.4. The molecule has 1 unspecified atom stereocenters. The van der Waals surface area contributed by atoms with Crippen LogP contribution in [0.1, 0.15) is 12.5 Å². The monoisotopic (exact) mass is 298 g/mol. The topological polar surface area (TPSA) is 58.4 Å². The third-order valence-corrected chi connectivity index (χ3v) is 4.04. The number of urea groups is 1. The van der Waals surface area contributed by atoms with Crippen molar-refractivity contribution in [2.24, 2.45) is 7.05 Å². The van der Waals surface area contributed by atoms with E-state index in [2.05, 4.69) is 5.10 Å². The van der Waals surface area contributed by atoms with E-state index in [1.54, 1.807) is 24.9 Å². The first-order valence-corrected chi connectivity index (χ1v) is 7.13. The number of benzene rings is 1. The first-order valence-electron chi connectivity index (χ1n) is 7.13. The number of rotatable bonds is 3. The van der Waals surface area contributed by atoms with E-state index in [0.29, 0.717) is 6.54 Å². The maximum atomic E-state index is 12.1. The van der Waals surface area contributed by atoms with Crippen LogP contribution >= 0.6 is 0 Å². The summed E-state index contributed by atoms with van der Waals surface area (Å²) >= 11 is 0. The lowest BCUT2D eigenvalue weighted by Gasteiger charge is -2.14. The zero-order valence-electron chi connectivity index (χ0n) is 12.9. The molecule has 1 aliphatic heterocycles. The smallest absolute Gasteiger partial charge is 0.316 e. The maximum absolute atomic E-state index is 12.1. The molecule has 6 nitrogen and oxygen atoms in total. The van der Waals surface area contributed by atoms with Crippen molar-refractivity contribution in [1.29, 1.82) is 0 Å². The molecule has 1 aromatic carbocycles. The van der Waals surface area contributed by atoms with Crippen molar-refractivity contribution in [2.45, 2.75) is 19.5 Å². The van der Waals surface area contributed by atoms with Gasteiger partial charge in [0.2, 0.25) is 0 Å². The van der Waals surface area contributed by atoms with Gasteiger partial charge in [-0.2, -0.15) is 5.10 Å². The molecule has 0 spiro atoms. The molecule has 3 amide bonds. The average Bonchev–Trinajstić information content (AvgIpc) is 3.02. The SMILES string of the molecule is CC1C(=O)N(Cc2cccc(-c3cnn(C)c3)c2)C(=O)N1C. The van der Waals surface area contributed by atoms with Crippen LogP contribution in [0.2, 0.25) is 0 Å². The zero-order chi connectivity index (χ0) is 15.9. The summed E-state index contributed by atoms with van der Waals surface area (Å²) in [5.74, 6) is -0.153. The minimum atomic E-state index is -0.394. The molecule has 2 heterocycles. The molecule has 0 bridgehead atoms. The largest absolute Gasteiger partial charge is 0.327 e.